The van der Waals surface area contributed by atoms with Crippen LogP contribution in [0.2, 0.25) is 0 Å². The fourth-order valence-corrected chi connectivity index (χ4v) is 2.89. The van der Waals surface area contributed by atoms with Crippen molar-refractivity contribution in [2.75, 3.05) is 13.2 Å². The molecule has 0 aliphatic carbocycles. The van der Waals surface area contributed by atoms with Gasteiger partial charge in [0, 0.05) is 12.6 Å². The lowest BCUT2D eigenvalue weighted by molar-refractivity contribution is -0.230. The van der Waals surface area contributed by atoms with Gasteiger partial charge in [-0.3, -0.25) is 4.90 Å². The summed E-state index contributed by atoms with van der Waals surface area (Å²) in [4.78, 5) is 1.48. The summed E-state index contributed by atoms with van der Waals surface area (Å²) in [6.45, 7) is 2.17. The number of halogens is 3. The van der Waals surface area contributed by atoms with Crippen LogP contribution in [0.25, 0.3) is 0 Å². The van der Waals surface area contributed by atoms with Crippen molar-refractivity contribution < 1.29 is 17.9 Å². The van der Waals surface area contributed by atoms with Crippen molar-refractivity contribution in [2.45, 2.75) is 37.7 Å². The van der Waals surface area contributed by atoms with E-state index in [0.29, 0.717) is 6.54 Å². The molecule has 0 amide bonds. The van der Waals surface area contributed by atoms with E-state index in [9.17, 15) is 13.2 Å². The lowest BCUT2D eigenvalue weighted by Gasteiger charge is -2.32. The van der Waals surface area contributed by atoms with Gasteiger partial charge >= 0.3 is 6.18 Å². The van der Waals surface area contributed by atoms with Crippen LogP contribution in [0, 0.1) is 6.92 Å². The summed E-state index contributed by atoms with van der Waals surface area (Å²) in [5, 5.41) is 0. The second-order valence-electron chi connectivity index (χ2n) is 5.33. The molecule has 3 rings (SSSR count). The summed E-state index contributed by atoms with van der Waals surface area (Å²) >= 11 is 0. The Morgan fingerprint density at radius 2 is 1.89 bits per heavy atom. The van der Waals surface area contributed by atoms with Crippen LogP contribution in [0.4, 0.5) is 13.2 Å². The van der Waals surface area contributed by atoms with E-state index in [1.54, 1.807) is 0 Å². The van der Waals surface area contributed by atoms with Gasteiger partial charge < -0.3 is 4.74 Å². The summed E-state index contributed by atoms with van der Waals surface area (Å²) in [5.74, 6) is 0. The fraction of sp³-hybridized carbons (Fsp3) is 0.571. The average Bonchev–Trinajstić information content (AvgIpc) is 3.03. The number of rotatable bonds is 2. The van der Waals surface area contributed by atoms with Crippen molar-refractivity contribution >= 4 is 0 Å². The first-order valence-electron chi connectivity index (χ1n) is 6.48. The number of epoxide rings is 1. The normalized spacial score (nSPS) is 31.7. The van der Waals surface area contributed by atoms with E-state index in [4.69, 9.17) is 4.74 Å². The number of hydrogen-bond acceptors (Lipinski definition) is 2. The molecule has 19 heavy (non-hydrogen) atoms. The van der Waals surface area contributed by atoms with Crippen LogP contribution >= 0.6 is 0 Å². The van der Waals surface area contributed by atoms with Gasteiger partial charge in [-0.25, -0.2) is 0 Å². The van der Waals surface area contributed by atoms with Crippen molar-refractivity contribution in [1.29, 1.82) is 0 Å². The summed E-state index contributed by atoms with van der Waals surface area (Å²) < 4.78 is 44.2. The van der Waals surface area contributed by atoms with Gasteiger partial charge in [-0.1, -0.05) is 29.8 Å². The number of hydrogen-bond donors (Lipinski definition) is 0. The first kappa shape index (κ1) is 12.9. The second-order valence-corrected chi connectivity index (χ2v) is 5.33. The first-order valence-corrected chi connectivity index (χ1v) is 6.48. The molecule has 2 aliphatic heterocycles. The highest BCUT2D eigenvalue weighted by Gasteiger charge is 2.71. The van der Waals surface area contributed by atoms with Crippen molar-refractivity contribution in [1.82, 2.24) is 4.90 Å². The van der Waals surface area contributed by atoms with E-state index in [1.807, 2.05) is 31.2 Å². The third-order valence-electron chi connectivity index (χ3n) is 4.04. The van der Waals surface area contributed by atoms with Gasteiger partial charge in [0.25, 0.3) is 0 Å². The Labute approximate surface area is 110 Å². The quantitative estimate of drug-likeness (QED) is 0.766. The van der Waals surface area contributed by atoms with Crippen LogP contribution in [-0.4, -0.2) is 30.0 Å². The molecular weight excluding hydrogens is 255 g/mol. The maximum atomic E-state index is 13.1. The lowest BCUT2D eigenvalue weighted by Crippen LogP contribution is -2.49. The molecule has 2 fully saturated rings. The predicted molar refractivity (Wildman–Crippen MR) is 64.6 cm³/mol. The molecule has 2 heterocycles. The van der Waals surface area contributed by atoms with Crippen LogP contribution in [0.1, 0.15) is 30.0 Å². The zero-order valence-electron chi connectivity index (χ0n) is 10.7. The third kappa shape index (κ3) is 2.05. The molecule has 1 aromatic rings. The molecule has 0 radical (unpaired) electrons. The lowest BCUT2D eigenvalue weighted by atomic mass is 10.0. The van der Waals surface area contributed by atoms with E-state index in [0.717, 1.165) is 24.0 Å². The van der Waals surface area contributed by atoms with Gasteiger partial charge in [-0.05, 0) is 25.3 Å². The number of aryl methyl sites for hydroxylation is 1. The number of ether oxygens (including phenoxy) is 1. The van der Waals surface area contributed by atoms with Gasteiger partial charge in [0.05, 0.1) is 0 Å². The van der Waals surface area contributed by atoms with Crippen molar-refractivity contribution in [3.05, 3.63) is 35.4 Å². The highest BCUT2D eigenvalue weighted by Crippen LogP contribution is 2.52. The Morgan fingerprint density at radius 1 is 1.26 bits per heavy atom. The van der Waals surface area contributed by atoms with Crippen LogP contribution in [-0.2, 0) is 4.74 Å². The predicted octanol–water partition coefficient (Wildman–Crippen LogP) is 3.42. The fourth-order valence-electron chi connectivity index (χ4n) is 2.89. The minimum absolute atomic E-state index is 0.190. The Hall–Kier alpha value is -1.07. The monoisotopic (exact) mass is 271 g/mol. The molecule has 0 N–H and O–H groups in total. The standard InChI is InChI=1S/C14H16F3NO/c1-10-4-6-11(7-5-10)12-3-2-8-18(12)13(9-19-13)14(15,16)17/h4-7,12H,2-3,8-9H2,1H3. The largest absolute Gasteiger partial charge is 0.433 e. The van der Waals surface area contributed by atoms with Crippen molar-refractivity contribution in [3.8, 4) is 0 Å². The van der Waals surface area contributed by atoms with E-state index >= 15 is 0 Å². The van der Waals surface area contributed by atoms with Crippen LogP contribution < -0.4 is 0 Å². The maximum absolute atomic E-state index is 13.1. The van der Waals surface area contributed by atoms with Gasteiger partial charge in [-0.15, -0.1) is 0 Å². The molecule has 2 unspecified atom stereocenters. The Bertz CT molecular complexity index is 465. The van der Waals surface area contributed by atoms with E-state index in [2.05, 4.69) is 0 Å². The maximum Gasteiger partial charge on any atom is 0.433 e. The van der Waals surface area contributed by atoms with Gasteiger partial charge in [-0.2, -0.15) is 13.2 Å². The van der Waals surface area contributed by atoms with Crippen molar-refractivity contribution in [3.63, 3.8) is 0 Å². The van der Waals surface area contributed by atoms with Crippen LogP contribution in [0.15, 0.2) is 24.3 Å². The highest BCUT2D eigenvalue weighted by atomic mass is 19.4. The minimum atomic E-state index is -4.32. The zero-order chi connectivity index (χ0) is 13.7. The smallest absolute Gasteiger partial charge is 0.345 e. The topological polar surface area (TPSA) is 15.8 Å². The summed E-state index contributed by atoms with van der Waals surface area (Å²) in [6, 6.07) is 7.54. The molecule has 0 spiro atoms. The molecule has 0 aromatic heterocycles. The highest BCUT2D eigenvalue weighted by molar-refractivity contribution is 5.26. The molecule has 0 saturated carbocycles. The molecule has 5 heteroatoms. The summed E-state index contributed by atoms with van der Waals surface area (Å²) in [6.07, 6.45) is -2.79. The SMILES string of the molecule is Cc1ccc(C2CCCN2C2(C(F)(F)F)CO2)cc1. The number of benzene rings is 1. The summed E-state index contributed by atoms with van der Waals surface area (Å²) in [7, 11) is 0. The van der Waals surface area contributed by atoms with Gasteiger partial charge in [0.1, 0.15) is 6.61 Å². The van der Waals surface area contributed by atoms with Crippen molar-refractivity contribution in [2.24, 2.45) is 0 Å². The van der Waals surface area contributed by atoms with Crippen LogP contribution in [0.3, 0.4) is 0 Å². The molecule has 2 aliphatic rings. The van der Waals surface area contributed by atoms with E-state index in [1.165, 1.54) is 4.90 Å². The van der Waals surface area contributed by atoms with Gasteiger partial charge in [0.15, 0.2) is 0 Å². The summed E-state index contributed by atoms with van der Waals surface area (Å²) in [5.41, 5.74) is 0.0303. The second kappa shape index (κ2) is 4.21. The Balaban J connectivity index is 1.88. The molecule has 104 valence electrons. The molecule has 2 atom stereocenters. The molecule has 1 aromatic carbocycles. The third-order valence-corrected chi connectivity index (χ3v) is 4.04. The van der Waals surface area contributed by atoms with Crippen LogP contribution in [0.5, 0.6) is 0 Å². The molecular formula is C14H16F3NO. The number of likely N-dealkylation sites (tertiary alicyclic amines) is 1. The average molecular weight is 271 g/mol. The number of nitrogens with zero attached hydrogens (tertiary/aromatic N) is 1. The first-order chi connectivity index (χ1) is 8.94. The van der Waals surface area contributed by atoms with E-state index < -0.39 is 11.9 Å². The molecule has 0 bridgehead atoms. The number of alkyl halides is 3. The Morgan fingerprint density at radius 3 is 2.42 bits per heavy atom. The minimum Gasteiger partial charge on any atom is -0.345 e. The molecule has 2 nitrogen and oxygen atoms in total. The molecule has 2 saturated heterocycles. The van der Waals surface area contributed by atoms with Gasteiger partial charge in [0.2, 0.25) is 5.72 Å². The van der Waals surface area contributed by atoms with E-state index in [-0.39, 0.29) is 12.6 Å². The Kier molecular flexibility index (Phi) is 2.87. The zero-order valence-corrected chi connectivity index (χ0v) is 10.7.